The molecule has 6 nitrogen and oxygen atoms in total. The van der Waals surface area contributed by atoms with Gasteiger partial charge in [0.1, 0.15) is 0 Å². The van der Waals surface area contributed by atoms with Crippen LogP contribution >= 0.6 is 0 Å². The summed E-state index contributed by atoms with van der Waals surface area (Å²) in [5, 5.41) is 0. The molecular weight excluding hydrogens is 390 g/mol. The molecule has 29 heavy (non-hydrogen) atoms. The van der Waals surface area contributed by atoms with Crippen LogP contribution in [0.3, 0.4) is 0 Å². The predicted octanol–water partition coefficient (Wildman–Crippen LogP) is 3.44. The summed E-state index contributed by atoms with van der Waals surface area (Å²) >= 11 is 0. The highest BCUT2D eigenvalue weighted by molar-refractivity contribution is 7.89. The molecule has 154 valence electrons. The number of ether oxygens (including phenoxy) is 1. The Labute approximate surface area is 171 Å². The van der Waals surface area contributed by atoms with E-state index in [-0.39, 0.29) is 10.7 Å². The molecule has 0 spiro atoms. The predicted molar refractivity (Wildman–Crippen MR) is 110 cm³/mol. The smallest absolute Gasteiger partial charge is 0.339 e. The van der Waals surface area contributed by atoms with Crippen molar-refractivity contribution < 1.29 is 22.7 Å². The fourth-order valence-corrected chi connectivity index (χ4v) is 5.20. The maximum absolute atomic E-state index is 12.5. The quantitative estimate of drug-likeness (QED) is 0.533. The minimum atomic E-state index is -3.52. The Morgan fingerprint density at radius 2 is 1.52 bits per heavy atom. The summed E-state index contributed by atoms with van der Waals surface area (Å²) in [6.07, 6.45) is 1.72. The van der Waals surface area contributed by atoms with Crippen LogP contribution in [-0.2, 0) is 14.8 Å². The van der Waals surface area contributed by atoms with Gasteiger partial charge in [-0.25, -0.2) is 13.2 Å². The van der Waals surface area contributed by atoms with Crippen LogP contribution in [0.5, 0.6) is 0 Å². The van der Waals surface area contributed by atoms with Gasteiger partial charge in [-0.1, -0.05) is 17.7 Å². The average Bonchev–Trinajstić information content (AvgIpc) is 3.21. The number of benzene rings is 2. The molecule has 1 aliphatic rings. The Bertz CT molecular complexity index is 1010. The van der Waals surface area contributed by atoms with Crippen LogP contribution in [-0.4, -0.2) is 44.2 Å². The van der Waals surface area contributed by atoms with Gasteiger partial charge in [-0.2, -0.15) is 4.31 Å². The normalized spacial score (nSPS) is 14.7. The highest BCUT2D eigenvalue weighted by Gasteiger charge is 2.27. The van der Waals surface area contributed by atoms with Crippen LogP contribution in [0.1, 0.15) is 50.2 Å². The molecule has 0 saturated carbocycles. The van der Waals surface area contributed by atoms with Crippen LogP contribution in [0.15, 0.2) is 41.3 Å². The van der Waals surface area contributed by atoms with E-state index in [9.17, 15) is 18.0 Å². The van der Waals surface area contributed by atoms with Gasteiger partial charge >= 0.3 is 5.97 Å². The molecule has 1 aliphatic heterocycles. The van der Waals surface area contributed by atoms with Gasteiger partial charge in [0.15, 0.2) is 12.4 Å². The summed E-state index contributed by atoms with van der Waals surface area (Å²) in [7, 11) is -3.52. The van der Waals surface area contributed by atoms with Gasteiger partial charge in [-0.15, -0.1) is 0 Å². The lowest BCUT2D eigenvalue weighted by atomic mass is 10.00. The van der Waals surface area contributed by atoms with Crippen LogP contribution in [0.4, 0.5) is 0 Å². The highest BCUT2D eigenvalue weighted by Crippen LogP contribution is 2.21. The summed E-state index contributed by atoms with van der Waals surface area (Å²) in [5.41, 5.74) is 3.43. The van der Waals surface area contributed by atoms with Crippen molar-refractivity contribution in [2.75, 3.05) is 19.7 Å². The molecule has 2 aromatic carbocycles. The van der Waals surface area contributed by atoms with E-state index in [1.807, 2.05) is 32.9 Å². The first-order valence-electron chi connectivity index (χ1n) is 9.58. The molecule has 0 bridgehead atoms. The second-order valence-electron chi connectivity index (χ2n) is 7.41. The maximum Gasteiger partial charge on any atom is 0.339 e. The number of sulfonamides is 1. The Morgan fingerprint density at radius 3 is 2.07 bits per heavy atom. The van der Waals surface area contributed by atoms with E-state index in [2.05, 4.69) is 0 Å². The average molecular weight is 416 g/mol. The summed E-state index contributed by atoms with van der Waals surface area (Å²) in [6.45, 7) is 6.26. The Morgan fingerprint density at radius 1 is 0.966 bits per heavy atom. The lowest BCUT2D eigenvalue weighted by Gasteiger charge is -2.15. The van der Waals surface area contributed by atoms with Gasteiger partial charge in [0.25, 0.3) is 0 Å². The molecule has 3 rings (SSSR count). The zero-order chi connectivity index (χ0) is 21.2. The maximum atomic E-state index is 12.5. The lowest BCUT2D eigenvalue weighted by molar-refractivity contribution is 0.0473. The number of Topliss-reactive ketones (excluding diaryl/α,β-unsaturated/α-hetero) is 1. The fourth-order valence-electron chi connectivity index (χ4n) is 3.68. The monoisotopic (exact) mass is 415 g/mol. The van der Waals surface area contributed by atoms with E-state index in [0.717, 1.165) is 29.5 Å². The highest BCUT2D eigenvalue weighted by atomic mass is 32.2. The first-order valence-corrected chi connectivity index (χ1v) is 11.0. The fraction of sp³-hybridized carbons (Fsp3) is 0.364. The molecular formula is C22H25NO5S. The Balaban J connectivity index is 1.66. The first-order chi connectivity index (χ1) is 13.7. The van der Waals surface area contributed by atoms with E-state index in [0.29, 0.717) is 24.2 Å². The third kappa shape index (κ3) is 4.57. The van der Waals surface area contributed by atoms with Crippen molar-refractivity contribution in [1.29, 1.82) is 0 Å². The molecule has 1 fully saturated rings. The molecule has 0 amide bonds. The van der Waals surface area contributed by atoms with Crippen molar-refractivity contribution in [3.63, 3.8) is 0 Å². The Kier molecular flexibility index (Phi) is 6.19. The summed E-state index contributed by atoms with van der Waals surface area (Å²) in [5.74, 6) is -0.924. The molecule has 2 aromatic rings. The molecule has 0 aromatic heterocycles. The number of hydrogen-bond acceptors (Lipinski definition) is 5. The first kappa shape index (κ1) is 21.2. The zero-order valence-corrected chi connectivity index (χ0v) is 17.7. The summed E-state index contributed by atoms with van der Waals surface area (Å²) < 4.78 is 31.8. The van der Waals surface area contributed by atoms with Crippen LogP contribution in [0.2, 0.25) is 0 Å². The molecule has 1 heterocycles. The SMILES string of the molecule is Cc1cc(C)c(C(=O)OCC(=O)c2ccc(S(=O)(=O)N3CCCC3)cc2)c(C)c1. The molecule has 0 atom stereocenters. The standard InChI is InChI=1S/C22H25NO5S/c1-15-12-16(2)21(17(3)13-15)22(25)28-14-20(24)18-6-8-19(9-7-18)29(26,27)23-10-4-5-11-23/h6-9,12-13H,4-5,10-11,14H2,1-3H3. The number of nitrogens with zero attached hydrogens (tertiary/aromatic N) is 1. The largest absolute Gasteiger partial charge is 0.454 e. The van der Waals surface area contributed by atoms with Crippen LogP contribution in [0, 0.1) is 20.8 Å². The molecule has 0 radical (unpaired) electrons. The zero-order valence-electron chi connectivity index (χ0n) is 16.9. The van der Waals surface area contributed by atoms with E-state index < -0.39 is 22.6 Å². The lowest BCUT2D eigenvalue weighted by Crippen LogP contribution is -2.27. The molecule has 0 N–H and O–H groups in total. The second-order valence-corrected chi connectivity index (χ2v) is 9.35. The molecule has 0 aliphatic carbocycles. The number of rotatable bonds is 6. The third-order valence-electron chi connectivity index (χ3n) is 5.09. The van der Waals surface area contributed by atoms with Crippen molar-refractivity contribution in [1.82, 2.24) is 4.31 Å². The van der Waals surface area contributed by atoms with E-state index in [4.69, 9.17) is 4.74 Å². The van der Waals surface area contributed by atoms with Gasteiger partial charge in [0.05, 0.1) is 10.5 Å². The number of ketones is 1. The topological polar surface area (TPSA) is 80.8 Å². The van der Waals surface area contributed by atoms with Crippen molar-refractivity contribution in [2.45, 2.75) is 38.5 Å². The van der Waals surface area contributed by atoms with Crippen molar-refractivity contribution in [2.24, 2.45) is 0 Å². The number of aryl methyl sites for hydroxylation is 3. The van der Waals surface area contributed by atoms with Crippen LogP contribution < -0.4 is 0 Å². The minimum absolute atomic E-state index is 0.166. The Hall–Kier alpha value is -2.51. The van der Waals surface area contributed by atoms with E-state index in [1.165, 1.54) is 28.6 Å². The van der Waals surface area contributed by atoms with E-state index in [1.54, 1.807) is 0 Å². The van der Waals surface area contributed by atoms with Gasteiger partial charge in [0.2, 0.25) is 10.0 Å². The van der Waals surface area contributed by atoms with Gasteiger partial charge in [-0.05, 0) is 69.0 Å². The molecule has 0 unspecified atom stereocenters. The van der Waals surface area contributed by atoms with Crippen molar-refractivity contribution in [3.05, 3.63) is 64.2 Å². The van der Waals surface area contributed by atoms with E-state index >= 15 is 0 Å². The number of carbonyl (C=O) groups excluding carboxylic acids is 2. The van der Waals surface area contributed by atoms with Gasteiger partial charge in [0, 0.05) is 18.7 Å². The summed E-state index contributed by atoms with van der Waals surface area (Å²) in [4.78, 5) is 25.0. The third-order valence-corrected chi connectivity index (χ3v) is 7.01. The number of esters is 1. The van der Waals surface area contributed by atoms with Gasteiger partial charge < -0.3 is 4.74 Å². The van der Waals surface area contributed by atoms with Gasteiger partial charge in [-0.3, -0.25) is 4.79 Å². The molecule has 1 saturated heterocycles. The van der Waals surface area contributed by atoms with Crippen molar-refractivity contribution in [3.8, 4) is 0 Å². The van der Waals surface area contributed by atoms with Crippen molar-refractivity contribution >= 4 is 21.8 Å². The number of carbonyl (C=O) groups is 2. The second kappa shape index (κ2) is 8.47. The van der Waals surface area contributed by atoms with Crippen LogP contribution in [0.25, 0.3) is 0 Å². The minimum Gasteiger partial charge on any atom is -0.454 e. The number of hydrogen-bond donors (Lipinski definition) is 0. The summed E-state index contributed by atoms with van der Waals surface area (Å²) in [6, 6.07) is 9.56. The molecule has 7 heteroatoms.